The van der Waals surface area contributed by atoms with E-state index in [-0.39, 0.29) is 12.1 Å². The van der Waals surface area contributed by atoms with Crippen LogP contribution >= 0.6 is 23.2 Å². The van der Waals surface area contributed by atoms with E-state index in [0.29, 0.717) is 16.6 Å². The van der Waals surface area contributed by atoms with Crippen LogP contribution in [0, 0.1) is 0 Å². The fraction of sp³-hybridized carbons (Fsp3) is 0.474. The van der Waals surface area contributed by atoms with Gasteiger partial charge in [-0.2, -0.15) is 5.10 Å². The highest BCUT2D eigenvalue weighted by Gasteiger charge is 2.17. The van der Waals surface area contributed by atoms with Crippen molar-refractivity contribution in [3.05, 3.63) is 51.8 Å². The van der Waals surface area contributed by atoms with E-state index >= 15 is 0 Å². The van der Waals surface area contributed by atoms with Gasteiger partial charge in [0.05, 0.1) is 24.8 Å². The molecule has 6 nitrogen and oxygen atoms in total. The van der Waals surface area contributed by atoms with Crippen LogP contribution in [0.25, 0.3) is 0 Å². The van der Waals surface area contributed by atoms with E-state index in [1.54, 1.807) is 6.07 Å². The molecule has 2 atom stereocenters. The quantitative estimate of drug-likeness (QED) is 0.540. The standard InChI is InChI=1S/C19H28Cl2N6/c1-6-22-19(25-13(2)16-8-7-15(20)9-17(16)21)23-11-18(26(3)4)14-10-24-27(5)12-14/h7-10,12-13,18H,6,11H2,1-5H3,(H2,22,23,25). The molecule has 0 bridgehead atoms. The number of guanidine groups is 1. The van der Waals surface area contributed by atoms with Crippen molar-refractivity contribution in [1.29, 1.82) is 0 Å². The number of nitrogens with one attached hydrogen (secondary N) is 2. The van der Waals surface area contributed by atoms with Crippen molar-refractivity contribution >= 4 is 29.2 Å². The van der Waals surface area contributed by atoms with Gasteiger partial charge in [0.25, 0.3) is 0 Å². The number of likely N-dealkylation sites (N-methyl/N-ethyl adjacent to an activating group) is 1. The van der Waals surface area contributed by atoms with Gasteiger partial charge in [-0.15, -0.1) is 0 Å². The molecule has 0 spiro atoms. The maximum absolute atomic E-state index is 6.34. The Hall–Kier alpha value is -1.76. The van der Waals surface area contributed by atoms with E-state index in [0.717, 1.165) is 23.6 Å². The molecule has 1 heterocycles. The predicted molar refractivity (Wildman–Crippen MR) is 114 cm³/mol. The van der Waals surface area contributed by atoms with Gasteiger partial charge in [0.15, 0.2) is 5.96 Å². The van der Waals surface area contributed by atoms with Gasteiger partial charge in [-0.3, -0.25) is 9.67 Å². The van der Waals surface area contributed by atoms with Crippen molar-refractivity contribution in [2.75, 3.05) is 27.2 Å². The molecule has 0 fully saturated rings. The number of aliphatic imine (C=N–C) groups is 1. The number of aromatic nitrogens is 2. The summed E-state index contributed by atoms with van der Waals surface area (Å²) in [5.74, 6) is 0.742. The lowest BCUT2D eigenvalue weighted by Crippen LogP contribution is -2.39. The highest BCUT2D eigenvalue weighted by atomic mass is 35.5. The summed E-state index contributed by atoms with van der Waals surface area (Å²) >= 11 is 12.3. The van der Waals surface area contributed by atoms with Gasteiger partial charge in [-0.1, -0.05) is 29.3 Å². The molecule has 2 aromatic rings. The number of hydrogen-bond donors (Lipinski definition) is 2. The van der Waals surface area contributed by atoms with E-state index in [2.05, 4.69) is 20.6 Å². The van der Waals surface area contributed by atoms with Crippen LogP contribution in [0.1, 0.15) is 37.1 Å². The number of rotatable bonds is 7. The molecule has 2 unspecified atom stereocenters. The van der Waals surface area contributed by atoms with Gasteiger partial charge < -0.3 is 15.5 Å². The van der Waals surface area contributed by atoms with Crippen molar-refractivity contribution in [3.8, 4) is 0 Å². The molecule has 0 radical (unpaired) electrons. The number of benzene rings is 1. The first-order valence-electron chi connectivity index (χ1n) is 8.96. The Morgan fingerprint density at radius 1 is 1.33 bits per heavy atom. The molecule has 0 amide bonds. The van der Waals surface area contributed by atoms with Gasteiger partial charge in [-0.25, -0.2) is 0 Å². The summed E-state index contributed by atoms with van der Waals surface area (Å²) in [7, 11) is 6.01. The summed E-state index contributed by atoms with van der Waals surface area (Å²) in [5, 5.41) is 12.3. The van der Waals surface area contributed by atoms with Crippen molar-refractivity contribution < 1.29 is 0 Å². The number of hydrogen-bond acceptors (Lipinski definition) is 3. The van der Waals surface area contributed by atoms with Gasteiger partial charge in [0, 0.05) is 35.4 Å². The van der Waals surface area contributed by atoms with E-state index in [9.17, 15) is 0 Å². The normalized spacial score (nSPS) is 14.3. The Bertz CT molecular complexity index is 771. The summed E-state index contributed by atoms with van der Waals surface area (Å²) in [6.07, 6.45) is 3.91. The Kier molecular flexibility index (Phi) is 7.95. The van der Waals surface area contributed by atoms with Crippen LogP contribution in [0.15, 0.2) is 35.6 Å². The first-order chi connectivity index (χ1) is 12.8. The first kappa shape index (κ1) is 21.5. The van der Waals surface area contributed by atoms with Crippen LogP contribution in [0.3, 0.4) is 0 Å². The summed E-state index contributed by atoms with van der Waals surface area (Å²) in [6, 6.07) is 5.66. The summed E-state index contributed by atoms with van der Waals surface area (Å²) in [6.45, 7) is 5.47. The van der Waals surface area contributed by atoms with Gasteiger partial charge in [0.1, 0.15) is 0 Å². The van der Waals surface area contributed by atoms with Gasteiger partial charge >= 0.3 is 0 Å². The zero-order valence-electron chi connectivity index (χ0n) is 16.5. The highest BCUT2D eigenvalue weighted by molar-refractivity contribution is 6.35. The second kappa shape index (κ2) is 9.97. The summed E-state index contributed by atoms with van der Waals surface area (Å²) < 4.78 is 1.81. The molecule has 2 rings (SSSR count). The largest absolute Gasteiger partial charge is 0.357 e. The Labute approximate surface area is 171 Å². The predicted octanol–water partition coefficient (Wildman–Crippen LogP) is 3.65. The first-order valence-corrected chi connectivity index (χ1v) is 9.72. The van der Waals surface area contributed by atoms with E-state index in [1.807, 2.05) is 64.2 Å². The number of aryl methyl sites for hydroxylation is 1. The molecule has 1 aromatic carbocycles. The van der Waals surface area contributed by atoms with Crippen molar-refractivity contribution in [3.63, 3.8) is 0 Å². The Morgan fingerprint density at radius 3 is 2.63 bits per heavy atom. The minimum absolute atomic E-state index is 0.0104. The van der Waals surface area contributed by atoms with Gasteiger partial charge in [0.2, 0.25) is 0 Å². The zero-order valence-corrected chi connectivity index (χ0v) is 18.0. The van der Waals surface area contributed by atoms with Gasteiger partial charge in [-0.05, 0) is 45.6 Å². The molecule has 148 valence electrons. The average molecular weight is 411 g/mol. The maximum Gasteiger partial charge on any atom is 0.191 e. The van der Waals surface area contributed by atoms with Crippen molar-refractivity contribution in [1.82, 2.24) is 25.3 Å². The number of halogens is 2. The molecule has 0 saturated carbocycles. The molecule has 0 aliphatic heterocycles. The van der Waals surface area contributed by atoms with Crippen LogP contribution in [0.5, 0.6) is 0 Å². The van der Waals surface area contributed by atoms with Crippen LogP contribution in [0.4, 0.5) is 0 Å². The molecular weight excluding hydrogens is 383 g/mol. The average Bonchev–Trinajstić information content (AvgIpc) is 3.00. The minimum atomic E-state index is -0.0104. The van der Waals surface area contributed by atoms with Crippen molar-refractivity contribution in [2.45, 2.75) is 25.9 Å². The second-order valence-electron chi connectivity index (χ2n) is 6.68. The molecule has 0 saturated heterocycles. The molecule has 2 N–H and O–H groups in total. The molecule has 0 aliphatic rings. The molecule has 1 aromatic heterocycles. The summed E-state index contributed by atoms with van der Waals surface area (Å²) in [5.41, 5.74) is 2.11. The van der Waals surface area contributed by atoms with Crippen LogP contribution in [0.2, 0.25) is 10.0 Å². The topological polar surface area (TPSA) is 57.5 Å². The maximum atomic E-state index is 6.34. The van der Waals surface area contributed by atoms with E-state index in [4.69, 9.17) is 28.2 Å². The third-order valence-corrected chi connectivity index (χ3v) is 4.84. The lowest BCUT2D eigenvalue weighted by molar-refractivity contribution is 0.306. The molecule has 8 heteroatoms. The number of nitrogens with zero attached hydrogens (tertiary/aromatic N) is 4. The third-order valence-electron chi connectivity index (χ3n) is 4.28. The monoisotopic (exact) mass is 410 g/mol. The lowest BCUT2D eigenvalue weighted by Gasteiger charge is -2.23. The smallest absolute Gasteiger partial charge is 0.191 e. The fourth-order valence-corrected chi connectivity index (χ4v) is 3.38. The highest BCUT2D eigenvalue weighted by Crippen LogP contribution is 2.26. The van der Waals surface area contributed by atoms with Crippen LogP contribution in [-0.2, 0) is 7.05 Å². The van der Waals surface area contributed by atoms with E-state index < -0.39 is 0 Å². The Morgan fingerprint density at radius 2 is 2.07 bits per heavy atom. The second-order valence-corrected chi connectivity index (χ2v) is 7.52. The SMILES string of the molecule is CCNC(=NCC(c1cnn(C)c1)N(C)C)NC(C)c1ccc(Cl)cc1Cl. The van der Waals surface area contributed by atoms with Crippen LogP contribution < -0.4 is 10.6 Å². The molecule has 27 heavy (non-hydrogen) atoms. The van der Waals surface area contributed by atoms with Crippen molar-refractivity contribution in [2.24, 2.45) is 12.0 Å². The zero-order chi connectivity index (χ0) is 20.0. The molecule has 0 aliphatic carbocycles. The Balaban J connectivity index is 2.14. The third kappa shape index (κ3) is 6.13. The fourth-order valence-electron chi connectivity index (χ4n) is 2.81. The summed E-state index contributed by atoms with van der Waals surface area (Å²) in [4.78, 5) is 6.92. The lowest BCUT2D eigenvalue weighted by atomic mass is 10.1. The van der Waals surface area contributed by atoms with Crippen LogP contribution in [-0.4, -0.2) is 47.8 Å². The van der Waals surface area contributed by atoms with E-state index in [1.165, 1.54) is 0 Å². The molecular formula is C19H28Cl2N6. The minimum Gasteiger partial charge on any atom is -0.357 e.